The highest BCUT2D eigenvalue weighted by molar-refractivity contribution is 8.00. The minimum atomic E-state index is -0.648. The van der Waals surface area contributed by atoms with E-state index in [0.717, 1.165) is 41.8 Å². The largest absolute Gasteiger partial charge is 0.465 e. The van der Waals surface area contributed by atoms with Crippen molar-refractivity contribution in [3.63, 3.8) is 0 Å². The smallest absolute Gasteiger partial charge is 0.316 e. The van der Waals surface area contributed by atoms with E-state index in [9.17, 15) is 9.18 Å². The third kappa shape index (κ3) is 3.77. The van der Waals surface area contributed by atoms with Crippen LogP contribution in [0.1, 0.15) is 37.4 Å². The fourth-order valence-corrected chi connectivity index (χ4v) is 6.18. The maximum Gasteiger partial charge on any atom is 0.316 e. The second-order valence-electron chi connectivity index (χ2n) is 8.39. The lowest BCUT2D eigenvalue weighted by Gasteiger charge is -2.42. The van der Waals surface area contributed by atoms with Crippen molar-refractivity contribution in [2.75, 3.05) is 6.61 Å². The number of esters is 1. The molecule has 2 aromatic carbocycles. The third-order valence-corrected chi connectivity index (χ3v) is 7.68. The van der Waals surface area contributed by atoms with Gasteiger partial charge in [-0.15, -0.1) is 11.8 Å². The molecular weight excluding hydrogens is 423 g/mol. The first-order chi connectivity index (χ1) is 15.6. The Morgan fingerprint density at radius 1 is 1.22 bits per heavy atom. The Labute approximate surface area is 191 Å². The van der Waals surface area contributed by atoms with E-state index in [4.69, 9.17) is 4.74 Å². The van der Waals surface area contributed by atoms with Gasteiger partial charge in [0, 0.05) is 10.1 Å². The van der Waals surface area contributed by atoms with Crippen LogP contribution in [0.3, 0.4) is 0 Å². The van der Waals surface area contributed by atoms with Gasteiger partial charge in [-0.3, -0.25) is 4.79 Å². The zero-order chi connectivity index (χ0) is 22.1. The van der Waals surface area contributed by atoms with Gasteiger partial charge in [0.05, 0.1) is 29.6 Å². The number of thioether (sulfide) groups is 1. The average molecular weight is 449 g/mol. The van der Waals surface area contributed by atoms with E-state index < -0.39 is 5.41 Å². The van der Waals surface area contributed by atoms with E-state index in [-0.39, 0.29) is 11.8 Å². The van der Waals surface area contributed by atoms with E-state index in [1.165, 1.54) is 17.0 Å². The Kier molecular flexibility index (Phi) is 5.64. The molecule has 1 heterocycles. The average Bonchev–Trinajstić information content (AvgIpc) is 3.21. The maximum absolute atomic E-state index is 13.4. The molecule has 1 aromatic heterocycles. The fraction of sp³-hybridized carbons (Fsp3) is 0.308. The highest BCUT2D eigenvalue weighted by atomic mass is 32.2. The molecular formula is C26H25FN2O2S. The number of halogens is 1. The lowest BCUT2D eigenvalue weighted by Crippen LogP contribution is -2.44. The Balaban J connectivity index is 1.50. The summed E-state index contributed by atoms with van der Waals surface area (Å²) in [7, 11) is 0. The van der Waals surface area contributed by atoms with Gasteiger partial charge in [-0.05, 0) is 80.6 Å². The van der Waals surface area contributed by atoms with Crippen LogP contribution in [0.25, 0.3) is 11.8 Å². The first-order valence-corrected chi connectivity index (χ1v) is 11.9. The zero-order valence-electron chi connectivity index (χ0n) is 18.0. The number of hydrogen-bond donors (Lipinski definition) is 0. The van der Waals surface area contributed by atoms with Crippen molar-refractivity contribution >= 4 is 23.8 Å². The van der Waals surface area contributed by atoms with Crippen LogP contribution in [-0.2, 0) is 16.0 Å². The molecule has 6 heteroatoms. The number of hydrogen-bond acceptors (Lipinski definition) is 4. The van der Waals surface area contributed by atoms with E-state index in [2.05, 4.69) is 23.3 Å². The number of ether oxygens (including phenoxy) is 1. The minimum absolute atomic E-state index is 0.134. The van der Waals surface area contributed by atoms with Gasteiger partial charge >= 0.3 is 5.97 Å². The second-order valence-corrected chi connectivity index (χ2v) is 9.76. The number of nitrogens with zero attached hydrogens (tertiary/aromatic N) is 2. The maximum atomic E-state index is 13.4. The Bertz CT molecular complexity index is 1160. The Morgan fingerprint density at radius 3 is 2.75 bits per heavy atom. The van der Waals surface area contributed by atoms with Crippen LogP contribution in [-0.4, -0.2) is 27.6 Å². The van der Waals surface area contributed by atoms with E-state index in [1.807, 2.05) is 47.8 Å². The Morgan fingerprint density at radius 2 is 2.00 bits per heavy atom. The molecule has 0 N–H and O–H groups in total. The van der Waals surface area contributed by atoms with Gasteiger partial charge in [-0.1, -0.05) is 23.8 Å². The number of fused-ring (bicyclic) bond motifs is 2. The molecule has 1 fully saturated rings. The minimum Gasteiger partial charge on any atom is -0.465 e. The van der Waals surface area contributed by atoms with Gasteiger partial charge in [-0.2, -0.15) is 5.10 Å². The molecule has 2 aliphatic rings. The van der Waals surface area contributed by atoms with Crippen molar-refractivity contribution in [2.24, 2.45) is 5.41 Å². The van der Waals surface area contributed by atoms with Crippen LogP contribution >= 0.6 is 11.8 Å². The monoisotopic (exact) mass is 448 g/mol. The highest BCUT2D eigenvalue weighted by Gasteiger charge is 2.50. The van der Waals surface area contributed by atoms with Crippen molar-refractivity contribution < 1.29 is 13.9 Å². The third-order valence-electron chi connectivity index (χ3n) is 6.40. The molecule has 164 valence electrons. The summed E-state index contributed by atoms with van der Waals surface area (Å²) in [5.41, 5.74) is 3.28. The fourth-order valence-electron chi connectivity index (χ4n) is 4.88. The normalized spacial score (nSPS) is 21.9. The molecule has 0 amide bonds. The summed E-state index contributed by atoms with van der Waals surface area (Å²) >= 11 is 1.85. The van der Waals surface area contributed by atoms with Crippen LogP contribution in [0.4, 0.5) is 4.39 Å². The summed E-state index contributed by atoms with van der Waals surface area (Å²) in [6.07, 6.45) is 7.14. The predicted molar refractivity (Wildman–Crippen MR) is 124 cm³/mol. The van der Waals surface area contributed by atoms with Gasteiger partial charge in [0.15, 0.2) is 0 Å². The van der Waals surface area contributed by atoms with Crippen molar-refractivity contribution in [3.05, 3.63) is 83.4 Å². The molecule has 0 aliphatic heterocycles. The van der Waals surface area contributed by atoms with Gasteiger partial charge in [0.2, 0.25) is 0 Å². The molecule has 2 atom stereocenters. The summed E-state index contributed by atoms with van der Waals surface area (Å²) in [4.78, 5) is 14.6. The molecule has 3 aromatic rings. The number of carbonyl (C=O) groups excluding carboxylic acids is 1. The van der Waals surface area contributed by atoms with Gasteiger partial charge in [0.1, 0.15) is 5.82 Å². The SMILES string of the molecule is CCOC(=O)[C@]12Cc3cnn(-c4ccc(F)cc4)c3C=C1CC[C@H](Sc1ccccc1)C2. The molecule has 0 saturated heterocycles. The lowest BCUT2D eigenvalue weighted by atomic mass is 9.64. The summed E-state index contributed by atoms with van der Waals surface area (Å²) in [5.74, 6) is -0.409. The van der Waals surface area contributed by atoms with Gasteiger partial charge in [0.25, 0.3) is 0 Å². The molecule has 0 spiro atoms. The molecule has 2 aliphatic carbocycles. The van der Waals surface area contributed by atoms with Gasteiger partial charge in [-0.25, -0.2) is 9.07 Å². The number of benzene rings is 2. The number of carbonyl (C=O) groups is 1. The molecule has 0 unspecified atom stereocenters. The summed E-state index contributed by atoms with van der Waals surface area (Å²) < 4.78 is 20.8. The van der Waals surface area contributed by atoms with E-state index in [0.29, 0.717) is 18.3 Å². The van der Waals surface area contributed by atoms with Crippen LogP contribution < -0.4 is 0 Å². The van der Waals surface area contributed by atoms with Crippen LogP contribution in [0.2, 0.25) is 0 Å². The summed E-state index contributed by atoms with van der Waals surface area (Å²) in [5, 5.41) is 4.91. The van der Waals surface area contributed by atoms with Gasteiger partial charge < -0.3 is 4.74 Å². The van der Waals surface area contributed by atoms with Crippen LogP contribution in [0, 0.1) is 11.2 Å². The quantitative estimate of drug-likeness (QED) is 0.460. The molecule has 32 heavy (non-hydrogen) atoms. The first-order valence-electron chi connectivity index (χ1n) is 11.0. The zero-order valence-corrected chi connectivity index (χ0v) is 18.8. The molecule has 4 nitrogen and oxygen atoms in total. The summed E-state index contributed by atoms with van der Waals surface area (Å²) in [6.45, 7) is 2.23. The molecule has 5 rings (SSSR count). The van der Waals surface area contributed by atoms with Crippen molar-refractivity contribution in [1.82, 2.24) is 9.78 Å². The lowest BCUT2D eigenvalue weighted by molar-refractivity contribution is -0.154. The van der Waals surface area contributed by atoms with E-state index in [1.54, 1.807) is 12.1 Å². The van der Waals surface area contributed by atoms with Crippen molar-refractivity contribution in [2.45, 2.75) is 42.8 Å². The second kappa shape index (κ2) is 8.58. The topological polar surface area (TPSA) is 44.1 Å². The predicted octanol–water partition coefficient (Wildman–Crippen LogP) is 5.85. The molecule has 0 bridgehead atoms. The Hall–Kier alpha value is -2.86. The molecule has 1 saturated carbocycles. The summed E-state index contributed by atoms with van der Waals surface area (Å²) in [6, 6.07) is 16.7. The van der Waals surface area contributed by atoms with E-state index >= 15 is 0 Å². The highest BCUT2D eigenvalue weighted by Crippen LogP contribution is 2.52. The first kappa shape index (κ1) is 21.0. The number of aromatic nitrogens is 2. The van der Waals surface area contributed by atoms with Crippen molar-refractivity contribution in [1.29, 1.82) is 0 Å². The van der Waals surface area contributed by atoms with Crippen LogP contribution in [0.5, 0.6) is 0 Å². The number of rotatable bonds is 5. The standard InChI is InChI=1S/C26H25FN2O2S/c1-2-31-25(30)26-15-18-17-28-29(21-11-9-20(27)10-12-21)24(18)14-19(26)8-13-23(16-26)32-22-6-4-3-5-7-22/h3-7,9-12,14,17,23H,2,8,13,15-16H2,1H3/t23-,26-/m0/s1. The van der Waals surface area contributed by atoms with Crippen LogP contribution in [0.15, 0.2) is 71.3 Å². The molecule has 0 radical (unpaired) electrons. The van der Waals surface area contributed by atoms with Crippen molar-refractivity contribution in [3.8, 4) is 5.69 Å².